The van der Waals surface area contributed by atoms with Crippen molar-refractivity contribution < 1.29 is 9.53 Å². The summed E-state index contributed by atoms with van der Waals surface area (Å²) < 4.78 is 6.76. The number of ether oxygens (including phenoxy) is 1. The van der Waals surface area contributed by atoms with Crippen molar-refractivity contribution in [3.63, 3.8) is 0 Å². The monoisotopic (exact) mass is 404 g/mol. The number of pyridine rings is 1. The van der Waals surface area contributed by atoms with Crippen LogP contribution in [0, 0.1) is 13.8 Å². The molecule has 142 valence electrons. The van der Waals surface area contributed by atoms with E-state index in [0.29, 0.717) is 28.5 Å². The fraction of sp³-hybridized carbons (Fsp3) is 0.368. The highest BCUT2D eigenvalue weighted by molar-refractivity contribution is 7.98. The van der Waals surface area contributed by atoms with E-state index in [1.54, 1.807) is 11.5 Å². The standard InChI is InChI=1S/C19H21ClN4O2S/c1-5-26-16(25)9-15-22-23-19(24(15)4)27-10-14-8-13-7-6-11(2)12(3)17(13)21-18(14)20/h6-8H,5,9-10H2,1-4H3. The summed E-state index contributed by atoms with van der Waals surface area (Å²) in [7, 11) is 1.84. The van der Waals surface area contributed by atoms with Gasteiger partial charge in [-0.05, 0) is 38.0 Å². The Balaban J connectivity index is 1.77. The van der Waals surface area contributed by atoms with Crippen LogP contribution in [0.15, 0.2) is 23.4 Å². The van der Waals surface area contributed by atoms with E-state index in [9.17, 15) is 4.79 Å². The van der Waals surface area contributed by atoms with Crippen LogP contribution in [-0.2, 0) is 28.8 Å². The Bertz CT molecular complexity index is 1000. The van der Waals surface area contributed by atoms with Crippen molar-refractivity contribution in [1.82, 2.24) is 19.7 Å². The van der Waals surface area contributed by atoms with Gasteiger partial charge in [0, 0.05) is 23.8 Å². The third-order valence-corrected chi connectivity index (χ3v) is 5.82. The molecule has 2 heterocycles. The Morgan fingerprint density at radius 1 is 1.30 bits per heavy atom. The summed E-state index contributed by atoms with van der Waals surface area (Å²) in [4.78, 5) is 16.2. The highest BCUT2D eigenvalue weighted by atomic mass is 35.5. The van der Waals surface area contributed by atoms with Crippen molar-refractivity contribution in [1.29, 1.82) is 0 Å². The van der Waals surface area contributed by atoms with Gasteiger partial charge in [-0.15, -0.1) is 10.2 Å². The number of nitrogens with zero attached hydrogens (tertiary/aromatic N) is 4. The van der Waals surface area contributed by atoms with E-state index in [4.69, 9.17) is 16.3 Å². The Morgan fingerprint density at radius 3 is 2.81 bits per heavy atom. The molecule has 0 spiro atoms. The van der Waals surface area contributed by atoms with Crippen LogP contribution in [0.1, 0.15) is 29.4 Å². The first-order valence-corrected chi connectivity index (χ1v) is 9.99. The van der Waals surface area contributed by atoms with Crippen LogP contribution in [0.3, 0.4) is 0 Å². The van der Waals surface area contributed by atoms with Crippen molar-refractivity contribution >= 4 is 40.2 Å². The average Bonchev–Trinajstić information content (AvgIpc) is 2.97. The smallest absolute Gasteiger partial charge is 0.313 e. The second-order valence-electron chi connectivity index (χ2n) is 6.25. The third-order valence-electron chi connectivity index (χ3n) is 4.43. The first kappa shape index (κ1) is 19.6. The lowest BCUT2D eigenvalue weighted by Gasteiger charge is -2.09. The van der Waals surface area contributed by atoms with E-state index in [1.165, 1.54) is 17.3 Å². The Kier molecular flexibility index (Phi) is 6.01. The van der Waals surface area contributed by atoms with Crippen LogP contribution in [0.4, 0.5) is 0 Å². The first-order valence-electron chi connectivity index (χ1n) is 8.62. The second-order valence-corrected chi connectivity index (χ2v) is 7.55. The number of carbonyl (C=O) groups is 1. The minimum absolute atomic E-state index is 0.106. The lowest BCUT2D eigenvalue weighted by molar-refractivity contribution is -0.142. The maximum atomic E-state index is 11.6. The normalized spacial score (nSPS) is 11.1. The molecule has 0 unspecified atom stereocenters. The van der Waals surface area contributed by atoms with E-state index >= 15 is 0 Å². The molecule has 6 nitrogen and oxygen atoms in total. The van der Waals surface area contributed by atoms with Crippen LogP contribution in [0.25, 0.3) is 10.9 Å². The molecule has 0 aliphatic rings. The number of esters is 1. The van der Waals surface area contributed by atoms with Gasteiger partial charge in [-0.3, -0.25) is 4.79 Å². The highest BCUT2D eigenvalue weighted by Gasteiger charge is 2.15. The quantitative estimate of drug-likeness (QED) is 0.351. The number of rotatable bonds is 6. The SMILES string of the molecule is CCOC(=O)Cc1nnc(SCc2cc3ccc(C)c(C)c3nc2Cl)n1C. The van der Waals surface area contributed by atoms with Crippen LogP contribution >= 0.6 is 23.4 Å². The molecular weight excluding hydrogens is 384 g/mol. The Labute approximate surface area is 167 Å². The number of hydrogen-bond acceptors (Lipinski definition) is 6. The minimum atomic E-state index is -0.308. The molecule has 0 N–H and O–H groups in total. The van der Waals surface area contributed by atoms with Gasteiger partial charge in [0.2, 0.25) is 0 Å². The fourth-order valence-electron chi connectivity index (χ4n) is 2.71. The summed E-state index contributed by atoms with van der Waals surface area (Å²) in [5.74, 6) is 0.877. The van der Waals surface area contributed by atoms with Crippen molar-refractivity contribution in [2.24, 2.45) is 7.05 Å². The second kappa shape index (κ2) is 8.27. The molecule has 3 rings (SSSR count). The van der Waals surface area contributed by atoms with Crippen LogP contribution in [-0.4, -0.2) is 32.3 Å². The van der Waals surface area contributed by atoms with Gasteiger partial charge in [0.15, 0.2) is 5.16 Å². The van der Waals surface area contributed by atoms with E-state index in [0.717, 1.165) is 22.0 Å². The zero-order valence-electron chi connectivity index (χ0n) is 15.7. The van der Waals surface area contributed by atoms with E-state index < -0.39 is 0 Å². The molecule has 0 saturated carbocycles. The fourth-order valence-corrected chi connectivity index (χ4v) is 3.90. The van der Waals surface area contributed by atoms with Gasteiger partial charge in [0.05, 0.1) is 12.1 Å². The number of fused-ring (bicyclic) bond motifs is 1. The molecule has 8 heteroatoms. The van der Waals surface area contributed by atoms with Crippen LogP contribution in [0.5, 0.6) is 0 Å². The largest absolute Gasteiger partial charge is 0.466 e. The number of aromatic nitrogens is 4. The van der Waals surface area contributed by atoms with Gasteiger partial charge in [-0.2, -0.15) is 0 Å². The Hall–Kier alpha value is -2.12. The van der Waals surface area contributed by atoms with Crippen LogP contribution in [0.2, 0.25) is 5.15 Å². The molecule has 3 aromatic rings. The van der Waals surface area contributed by atoms with Gasteiger partial charge >= 0.3 is 5.97 Å². The number of carbonyl (C=O) groups excluding carboxylic acids is 1. The number of benzene rings is 1. The van der Waals surface area contributed by atoms with E-state index in [2.05, 4.69) is 47.2 Å². The predicted molar refractivity (Wildman–Crippen MR) is 107 cm³/mol. The summed E-state index contributed by atoms with van der Waals surface area (Å²) in [6.07, 6.45) is 0.106. The summed E-state index contributed by atoms with van der Waals surface area (Å²) in [6.45, 7) is 6.25. The minimum Gasteiger partial charge on any atom is -0.466 e. The number of hydrogen-bond donors (Lipinski definition) is 0. The maximum absolute atomic E-state index is 11.6. The summed E-state index contributed by atoms with van der Waals surface area (Å²) in [6, 6.07) is 6.23. The molecule has 2 aromatic heterocycles. The lowest BCUT2D eigenvalue weighted by Crippen LogP contribution is -2.11. The number of thioether (sulfide) groups is 1. The molecule has 0 saturated heterocycles. The molecule has 0 amide bonds. The number of aryl methyl sites for hydroxylation is 2. The van der Waals surface area contributed by atoms with Crippen LogP contribution < -0.4 is 0 Å². The number of halogens is 1. The van der Waals surface area contributed by atoms with Gasteiger partial charge in [0.1, 0.15) is 17.4 Å². The van der Waals surface area contributed by atoms with Crippen molar-refractivity contribution in [2.45, 2.75) is 38.1 Å². The molecule has 27 heavy (non-hydrogen) atoms. The van der Waals surface area contributed by atoms with Gasteiger partial charge in [-0.1, -0.05) is 35.5 Å². The van der Waals surface area contributed by atoms with Gasteiger partial charge < -0.3 is 9.30 Å². The third kappa shape index (κ3) is 4.25. The summed E-state index contributed by atoms with van der Waals surface area (Å²) >= 11 is 7.92. The van der Waals surface area contributed by atoms with Crippen molar-refractivity contribution in [3.8, 4) is 0 Å². The maximum Gasteiger partial charge on any atom is 0.313 e. The van der Waals surface area contributed by atoms with Gasteiger partial charge in [0.25, 0.3) is 0 Å². The van der Waals surface area contributed by atoms with E-state index in [-0.39, 0.29) is 12.4 Å². The molecule has 0 bridgehead atoms. The lowest BCUT2D eigenvalue weighted by atomic mass is 10.0. The topological polar surface area (TPSA) is 69.9 Å². The molecule has 0 fully saturated rings. The molecule has 0 aliphatic carbocycles. The molecular formula is C19H21ClN4O2S. The first-order chi connectivity index (χ1) is 12.9. The highest BCUT2D eigenvalue weighted by Crippen LogP contribution is 2.29. The molecule has 0 radical (unpaired) electrons. The van der Waals surface area contributed by atoms with Gasteiger partial charge in [-0.25, -0.2) is 4.98 Å². The zero-order valence-corrected chi connectivity index (χ0v) is 17.3. The molecule has 0 atom stereocenters. The van der Waals surface area contributed by atoms with E-state index in [1.807, 2.05) is 7.05 Å². The summed E-state index contributed by atoms with van der Waals surface area (Å²) in [5, 5.41) is 10.5. The predicted octanol–water partition coefficient (Wildman–Crippen LogP) is 4.03. The Morgan fingerprint density at radius 2 is 2.07 bits per heavy atom. The van der Waals surface area contributed by atoms with Crippen molar-refractivity contribution in [3.05, 3.63) is 45.9 Å². The molecule has 0 aliphatic heterocycles. The zero-order chi connectivity index (χ0) is 19.6. The van der Waals surface area contributed by atoms with Crippen molar-refractivity contribution in [2.75, 3.05) is 6.61 Å². The molecule has 1 aromatic carbocycles. The summed E-state index contributed by atoms with van der Waals surface area (Å²) in [5.41, 5.74) is 4.21. The average molecular weight is 405 g/mol.